The number of hydrogen-bond acceptors (Lipinski definition) is 4. The van der Waals surface area contributed by atoms with Crippen molar-refractivity contribution in [2.45, 2.75) is 9.99 Å². The molecule has 3 N–H and O–H groups in total. The van der Waals surface area contributed by atoms with Gasteiger partial charge in [-0.15, -0.1) is 0 Å². The van der Waals surface area contributed by atoms with Crippen molar-refractivity contribution in [3.63, 3.8) is 0 Å². The van der Waals surface area contributed by atoms with Gasteiger partial charge in [0.25, 0.3) is 0 Å². The van der Waals surface area contributed by atoms with Crippen LogP contribution in [-0.2, 0) is 0 Å². The van der Waals surface area contributed by atoms with Crippen LogP contribution in [0.1, 0.15) is 5.76 Å². The quantitative estimate of drug-likeness (QED) is 0.469. The Morgan fingerprint density at radius 1 is 1.45 bits per heavy atom. The Hall–Kier alpha value is -1.02. The third kappa shape index (κ3) is 4.52. The van der Waals surface area contributed by atoms with Crippen molar-refractivity contribution in [3.05, 3.63) is 45.6 Å². The van der Waals surface area contributed by atoms with Gasteiger partial charge in [0.1, 0.15) is 5.76 Å². The smallest absolute Gasteiger partial charge is 0.184 e. The van der Waals surface area contributed by atoms with Crippen molar-refractivity contribution in [1.82, 2.24) is 5.43 Å². The molecule has 20 heavy (non-hydrogen) atoms. The summed E-state index contributed by atoms with van der Waals surface area (Å²) in [6.45, 7) is 0. The molecule has 0 aliphatic carbocycles. The van der Waals surface area contributed by atoms with Gasteiger partial charge in [-0.1, -0.05) is 23.4 Å². The van der Waals surface area contributed by atoms with E-state index in [-0.39, 0.29) is 5.11 Å². The fraction of sp³-hybridized carbons (Fsp3) is 0. The van der Waals surface area contributed by atoms with Gasteiger partial charge in [-0.25, -0.2) is 0 Å². The predicted octanol–water partition coefficient (Wildman–Crippen LogP) is 4.01. The summed E-state index contributed by atoms with van der Waals surface area (Å²) in [4.78, 5) is 1.02. The Morgan fingerprint density at radius 3 is 2.80 bits per heavy atom. The van der Waals surface area contributed by atoms with Gasteiger partial charge in [-0.3, -0.25) is 5.43 Å². The number of hydrogen-bond donors (Lipinski definition) is 2. The van der Waals surface area contributed by atoms with Gasteiger partial charge in [-0.2, -0.15) is 5.10 Å². The van der Waals surface area contributed by atoms with Gasteiger partial charge in [0.05, 0.1) is 10.7 Å². The minimum absolute atomic E-state index is 0.0997. The summed E-state index contributed by atoms with van der Waals surface area (Å²) in [7, 11) is 0. The lowest BCUT2D eigenvalue weighted by atomic mass is 10.4. The van der Waals surface area contributed by atoms with Gasteiger partial charge >= 0.3 is 0 Å². The van der Waals surface area contributed by atoms with Crippen LogP contribution in [-0.4, -0.2) is 11.3 Å². The summed E-state index contributed by atoms with van der Waals surface area (Å²) in [6.07, 6.45) is 1.50. The number of benzene rings is 1. The van der Waals surface area contributed by atoms with Crippen molar-refractivity contribution >= 4 is 62.8 Å². The SMILES string of the molecule is NC(=S)NN=Cc1cc(Br)c(Sc2ccc(Cl)cc2)o1. The van der Waals surface area contributed by atoms with Crippen LogP contribution in [0.15, 0.2) is 54.3 Å². The normalized spacial score (nSPS) is 10.9. The molecule has 1 aromatic heterocycles. The van der Waals surface area contributed by atoms with E-state index in [1.165, 1.54) is 18.0 Å². The molecule has 0 unspecified atom stereocenters. The van der Waals surface area contributed by atoms with E-state index >= 15 is 0 Å². The lowest BCUT2D eigenvalue weighted by Gasteiger charge is -1.98. The van der Waals surface area contributed by atoms with Crippen LogP contribution in [0, 0.1) is 0 Å². The van der Waals surface area contributed by atoms with Crippen LogP contribution in [0.4, 0.5) is 0 Å². The molecule has 0 radical (unpaired) electrons. The average Bonchev–Trinajstić information content (AvgIpc) is 2.72. The summed E-state index contributed by atoms with van der Waals surface area (Å²) in [5, 5.41) is 5.36. The zero-order chi connectivity index (χ0) is 14.5. The highest BCUT2D eigenvalue weighted by molar-refractivity contribution is 9.10. The van der Waals surface area contributed by atoms with Crippen LogP contribution in [0.3, 0.4) is 0 Å². The molecule has 0 bridgehead atoms. The maximum Gasteiger partial charge on any atom is 0.184 e. The first kappa shape index (κ1) is 15.4. The minimum Gasteiger partial charge on any atom is -0.447 e. The average molecular weight is 391 g/mol. The Bertz CT molecular complexity index is 643. The van der Waals surface area contributed by atoms with E-state index in [1.54, 1.807) is 0 Å². The van der Waals surface area contributed by atoms with E-state index in [0.717, 1.165) is 14.5 Å². The van der Waals surface area contributed by atoms with Crippen molar-refractivity contribution in [2.24, 2.45) is 10.8 Å². The molecule has 0 fully saturated rings. The van der Waals surface area contributed by atoms with Crippen molar-refractivity contribution in [3.8, 4) is 0 Å². The maximum atomic E-state index is 5.85. The molecule has 0 saturated heterocycles. The molecule has 4 nitrogen and oxygen atoms in total. The number of thiocarbonyl (C=S) groups is 1. The lowest BCUT2D eigenvalue weighted by Crippen LogP contribution is -2.23. The number of furan rings is 1. The first-order chi connectivity index (χ1) is 9.54. The fourth-order valence-electron chi connectivity index (χ4n) is 1.27. The van der Waals surface area contributed by atoms with Crippen LogP contribution >= 0.6 is 51.5 Å². The number of nitrogens with zero attached hydrogens (tertiary/aromatic N) is 1. The highest BCUT2D eigenvalue weighted by Crippen LogP contribution is 2.35. The first-order valence-electron chi connectivity index (χ1n) is 5.36. The van der Waals surface area contributed by atoms with Crippen molar-refractivity contribution in [1.29, 1.82) is 0 Å². The monoisotopic (exact) mass is 389 g/mol. The maximum absolute atomic E-state index is 5.85. The molecule has 2 aromatic rings. The standard InChI is InChI=1S/C12H9BrClN3OS2/c13-10-5-8(6-16-17-12(15)19)18-11(10)20-9-3-1-7(14)2-4-9/h1-6H,(H3,15,17,19). The molecule has 0 aliphatic rings. The molecular weight excluding hydrogens is 382 g/mol. The molecule has 0 atom stereocenters. The summed E-state index contributed by atoms with van der Waals surface area (Å²) < 4.78 is 6.48. The lowest BCUT2D eigenvalue weighted by molar-refractivity contribution is 0.466. The summed E-state index contributed by atoms with van der Waals surface area (Å²) in [5.74, 6) is 0.581. The molecule has 8 heteroatoms. The Kier molecular flexibility index (Phi) is 5.47. The molecule has 1 aromatic carbocycles. The molecular formula is C12H9BrClN3OS2. The number of nitrogens with one attached hydrogen (secondary N) is 1. The van der Waals surface area contributed by atoms with Crippen molar-refractivity contribution < 1.29 is 4.42 Å². The van der Waals surface area contributed by atoms with E-state index in [9.17, 15) is 0 Å². The van der Waals surface area contributed by atoms with Crippen LogP contribution in [0.5, 0.6) is 0 Å². The summed E-state index contributed by atoms with van der Waals surface area (Å²) in [6, 6.07) is 9.31. The number of nitrogens with two attached hydrogens (primary N) is 1. The zero-order valence-electron chi connectivity index (χ0n) is 9.97. The van der Waals surface area contributed by atoms with Gasteiger partial charge in [-0.05, 0) is 52.4 Å². The first-order valence-corrected chi connectivity index (χ1v) is 7.75. The summed E-state index contributed by atoms with van der Waals surface area (Å²) in [5.41, 5.74) is 7.72. The van der Waals surface area contributed by atoms with Crippen LogP contribution < -0.4 is 11.2 Å². The number of halogens is 2. The second kappa shape index (κ2) is 7.12. The molecule has 0 spiro atoms. The highest BCUT2D eigenvalue weighted by Gasteiger charge is 2.09. The van der Waals surface area contributed by atoms with E-state index in [0.29, 0.717) is 10.8 Å². The van der Waals surface area contributed by atoms with Crippen molar-refractivity contribution in [2.75, 3.05) is 0 Å². The predicted molar refractivity (Wildman–Crippen MR) is 89.5 cm³/mol. The zero-order valence-corrected chi connectivity index (χ0v) is 13.9. The Labute approximate surface area is 138 Å². The Morgan fingerprint density at radius 2 is 2.15 bits per heavy atom. The molecule has 0 amide bonds. The second-order valence-electron chi connectivity index (χ2n) is 3.57. The fourth-order valence-corrected chi connectivity index (χ4v) is 2.78. The molecule has 0 aliphatic heterocycles. The van der Waals surface area contributed by atoms with Gasteiger partial charge < -0.3 is 10.2 Å². The van der Waals surface area contributed by atoms with Crippen LogP contribution in [0.2, 0.25) is 5.02 Å². The molecule has 0 saturated carbocycles. The second-order valence-corrected chi connectivity index (χ2v) is 6.35. The van der Waals surface area contributed by atoms with Gasteiger partial charge in [0, 0.05) is 16.0 Å². The Balaban J connectivity index is 2.09. The van der Waals surface area contributed by atoms with E-state index in [4.69, 9.17) is 21.8 Å². The van der Waals surface area contributed by atoms with E-state index in [1.807, 2.05) is 30.3 Å². The van der Waals surface area contributed by atoms with Gasteiger partial charge in [0.15, 0.2) is 10.2 Å². The third-order valence-corrected chi connectivity index (χ3v) is 4.26. The van der Waals surface area contributed by atoms with E-state index in [2.05, 4.69) is 38.7 Å². The largest absolute Gasteiger partial charge is 0.447 e. The van der Waals surface area contributed by atoms with Gasteiger partial charge in [0.2, 0.25) is 0 Å². The number of hydrazone groups is 1. The minimum atomic E-state index is 0.0997. The molecule has 1 heterocycles. The van der Waals surface area contributed by atoms with Crippen LogP contribution in [0.25, 0.3) is 0 Å². The molecule has 104 valence electrons. The third-order valence-electron chi connectivity index (χ3n) is 2.07. The topological polar surface area (TPSA) is 63.5 Å². The highest BCUT2D eigenvalue weighted by atomic mass is 79.9. The number of rotatable bonds is 4. The summed E-state index contributed by atoms with van der Waals surface area (Å²) >= 11 is 15.4. The molecule has 2 rings (SSSR count). The van der Waals surface area contributed by atoms with E-state index < -0.39 is 0 Å².